The van der Waals surface area contributed by atoms with Crippen molar-refractivity contribution in [3.05, 3.63) is 35.4 Å². The van der Waals surface area contributed by atoms with Crippen LogP contribution in [0.1, 0.15) is 59.2 Å². The van der Waals surface area contributed by atoms with Crippen molar-refractivity contribution in [1.29, 1.82) is 0 Å². The molecule has 0 N–H and O–H groups in total. The first-order chi connectivity index (χ1) is 13.1. The van der Waals surface area contributed by atoms with Gasteiger partial charge < -0.3 is 14.5 Å². The van der Waals surface area contributed by atoms with Crippen molar-refractivity contribution in [3.8, 4) is 0 Å². The lowest BCUT2D eigenvalue weighted by molar-refractivity contribution is -0.136. The van der Waals surface area contributed by atoms with Gasteiger partial charge in [0.2, 0.25) is 5.91 Å². The second kappa shape index (κ2) is 9.02. The number of carbonyl (C=O) groups is 3. The number of hydrogen-bond donors (Lipinski definition) is 0. The highest BCUT2D eigenvalue weighted by Gasteiger charge is 2.30. The number of benzene rings is 1. The number of amides is 2. The number of rotatable bonds is 3. The standard InChI is InChI=1S/C21H28N2O4/c1-27-21(26)18-8-6-16(7-9-18)19(24)23-14-10-17(11-15-23)20(25)22-12-4-2-3-5-13-22/h6-9,17H,2-5,10-15H2,1H3. The van der Waals surface area contributed by atoms with E-state index < -0.39 is 5.97 Å². The lowest BCUT2D eigenvalue weighted by Gasteiger charge is -2.34. The molecule has 3 rings (SSSR count). The fourth-order valence-corrected chi connectivity index (χ4v) is 3.93. The third kappa shape index (κ3) is 4.67. The molecule has 2 saturated heterocycles. The number of carbonyl (C=O) groups excluding carboxylic acids is 3. The maximum absolute atomic E-state index is 12.8. The summed E-state index contributed by atoms with van der Waals surface area (Å²) in [6.45, 7) is 2.96. The third-order valence-corrected chi connectivity index (χ3v) is 5.60. The SMILES string of the molecule is COC(=O)c1ccc(C(=O)N2CCC(C(=O)N3CCCCCC3)CC2)cc1. The molecule has 6 nitrogen and oxygen atoms in total. The van der Waals surface area contributed by atoms with E-state index in [4.69, 9.17) is 0 Å². The Morgan fingerprint density at radius 3 is 1.93 bits per heavy atom. The molecule has 146 valence electrons. The molecule has 2 amide bonds. The maximum Gasteiger partial charge on any atom is 0.337 e. The van der Waals surface area contributed by atoms with Gasteiger partial charge in [0.15, 0.2) is 0 Å². The number of likely N-dealkylation sites (tertiary alicyclic amines) is 2. The first-order valence-corrected chi connectivity index (χ1v) is 9.86. The molecule has 0 aliphatic carbocycles. The van der Waals surface area contributed by atoms with Gasteiger partial charge >= 0.3 is 5.97 Å². The number of hydrogen-bond acceptors (Lipinski definition) is 4. The van der Waals surface area contributed by atoms with Gasteiger partial charge in [0.25, 0.3) is 5.91 Å². The predicted molar refractivity (Wildman–Crippen MR) is 101 cm³/mol. The molecule has 27 heavy (non-hydrogen) atoms. The molecule has 1 aromatic carbocycles. The molecule has 0 radical (unpaired) electrons. The second-order valence-electron chi connectivity index (χ2n) is 7.37. The van der Waals surface area contributed by atoms with E-state index in [1.54, 1.807) is 29.2 Å². The van der Waals surface area contributed by atoms with Crippen LogP contribution in [0.15, 0.2) is 24.3 Å². The molecular weight excluding hydrogens is 344 g/mol. The molecule has 2 heterocycles. The van der Waals surface area contributed by atoms with E-state index in [9.17, 15) is 14.4 Å². The highest BCUT2D eigenvalue weighted by atomic mass is 16.5. The number of nitrogens with zero attached hydrogens (tertiary/aromatic N) is 2. The van der Waals surface area contributed by atoms with Crippen LogP contribution in [0.5, 0.6) is 0 Å². The number of esters is 1. The fourth-order valence-electron chi connectivity index (χ4n) is 3.93. The van der Waals surface area contributed by atoms with E-state index in [1.807, 2.05) is 4.90 Å². The molecule has 0 saturated carbocycles. The van der Waals surface area contributed by atoms with Gasteiger partial charge in [-0.1, -0.05) is 12.8 Å². The molecule has 1 aromatic rings. The maximum atomic E-state index is 12.8. The molecule has 2 aliphatic heterocycles. The van der Waals surface area contributed by atoms with Crippen LogP contribution in [-0.2, 0) is 9.53 Å². The molecule has 0 aromatic heterocycles. The van der Waals surface area contributed by atoms with Crippen LogP contribution in [0.25, 0.3) is 0 Å². The summed E-state index contributed by atoms with van der Waals surface area (Å²) in [5, 5.41) is 0. The normalized spacial score (nSPS) is 18.7. The van der Waals surface area contributed by atoms with Crippen molar-refractivity contribution in [3.63, 3.8) is 0 Å². The van der Waals surface area contributed by atoms with Gasteiger partial charge in [-0.25, -0.2) is 4.79 Å². The Hall–Kier alpha value is -2.37. The molecule has 6 heteroatoms. The molecule has 2 fully saturated rings. The summed E-state index contributed by atoms with van der Waals surface area (Å²) in [5.41, 5.74) is 0.982. The van der Waals surface area contributed by atoms with Crippen molar-refractivity contribution in [1.82, 2.24) is 9.80 Å². The molecular formula is C21H28N2O4. The van der Waals surface area contributed by atoms with Crippen LogP contribution in [0.2, 0.25) is 0 Å². The topological polar surface area (TPSA) is 66.9 Å². The highest BCUT2D eigenvalue weighted by Crippen LogP contribution is 2.23. The molecule has 0 atom stereocenters. The van der Waals surface area contributed by atoms with Gasteiger partial charge in [-0.05, 0) is 49.9 Å². The van der Waals surface area contributed by atoms with Crippen LogP contribution >= 0.6 is 0 Å². The van der Waals surface area contributed by atoms with E-state index in [0.717, 1.165) is 38.8 Å². The number of methoxy groups -OCH3 is 1. The van der Waals surface area contributed by atoms with Crippen molar-refractivity contribution < 1.29 is 19.1 Å². The zero-order valence-electron chi connectivity index (χ0n) is 16.0. The van der Waals surface area contributed by atoms with E-state index in [2.05, 4.69) is 4.74 Å². The summed E-state index contributed by atoms with van der Waals surface area (Å²) < 4.78 is 4.67. The Morgan fingerprint density at radius 2 is 1.37 bits per heavy atom. The van der Waals surface area contributed by atoms with Gasteiger partial charge in [0.05, 0.1) is 12.7 Å². The van der Waals surface area contributed by atoms with Crippen LogP contribution < -0.4 is 0 Å². The second-order valence-corrected chi connectivity index (χ2v) is 7.37. The van der Waals surface area contributed by atoms with Gasteiger partial charge in [0.1, 0.15) is 0 Å². The Bertz CT molecular complexity index is 670. The summed E-state index contributed by atoms with van der Waals surface area (Å²) in [4.78, 5) is 40.8. The fraction of sp³-hybridized carbons (Fsp3) is 0.571. The molecule has 0 unspecified atom stereocenters. The van der Waals surface area contributed by atoms with Gasteiger partial charge in [-0.3, -0.25) is 9.59 Å². The zero-order chi connectivity index (χ0) is 19.2. The van der Waals surface area contributed by atoms with E-state index >= 15 is 0 Å². The largest absolute Gasteiger partial charge is 0.465 e. The van der Waals surface area contributed by atoms with Crippen molar-refractivity contribution in [2.24, 2.45) is 5.92 Å². The smallest absolute Gasteiger partial charge is 0.337 e. The molecule has 2 aliphatic rings. The Kier molecular flexibility index (Phi) is 6.48. The zero-order valence-corrected chi connectivity index (χ0v) is 16.0. The average Bonchev–Trinajstić information content (AvgIpc) is 3.02. The van der Waals surface area contributed by atoms with Crippen LogP contribution in [0.3, 0.4) is 0 Å². The quantitative estimate of drug-likeness (QED) is 0.765. The summed E-state index contributed by atoms with van der Waals surface area (Å²) >= 11 is 0. The summed E-state index contributed by atoms with van der Waals surface area (Å²) in [6, 6.07) is 6.52. The summed E-state index contributed by atoms with van der Waals surface area (Å²) in [5.74, 6) is -0.158. The highest BCUT2D eigenvalue weighted by molar-refractivity contribution is 5.96. The van der Waals surface area contributed by atoms with Gasteiger partial charge in [0, 0.05) is 37.7 Å². The van der Waals surface area contributed by atoms with Crippen molar-refractivity contribution in [2.45, 2.75) is 38.5 Å². The first kappa shape index (κ1) is 19.4. The minimum atomic E-state index is -0.415. The van der Waals surface area contributed by atoms with Crippen LogP contribution in [0, 0.1) is 5.92 Å². The number of ether oxygens (including phenoxy) is 1. The first-order valence-electron chi connectivity index (χ1n) is 9.86. The van der Waals surface area contributed by atoms with E-state index in [-0.39, 0.29) is 17.7 Å². The van der Waals surface area contributed by atoms with E-state index in [1.165, 1.54) is 20.0 Å². The molecule has 0 bridgehead atoms. The predicted octanol–water partition coefficient (Wildman–Crippen LogP) is 2.73. The van der Waals surface area contributed by atoms with Gasteiger partial charge in [-0.15, -0.1) is 0 Å². The Morgan fingerprint density at radius 1 is 0.815 bits per heavy atom. The number of piperidine rings is 1. The van der Waals surface area contributed by atoms with Crippen molar-refractivity contribution in [2.75, 3.05) is 33.3 Å². The van der Waals surface area contributed by atoms with Crippen LogP contribution in [-0.4, -0.2) is 60.9 Å². The lowest BCUT2D eigenvalue weighted by atomic mass is 9.94. The van der Waals surface area contributed by atoms with Gasteiger partial charge in [-0.2, -0.15) is 0 Å². The average molecular weight is 372 g/mol. The van der Waals surface area contributed by atoms with Crippen molar-refractivity contribution >= 4 is 17.8 Å². The minimum absolute atomic E-state index is 0.0360. The monoisotopic (exact) mass is 372 g/mol. The summed E-state index contributed by atoms with van der Waals surface area (Å²) in [6.07, 6.45) is 6.08. The van der Waals surface area contributed by atoms with Crippen LogP contribution in [0.4, 0.5) is 0 Å². The van der Waals surface area contributed by atoms with E-state index in [0.29, 0.717) is 24.2 Å². The Labute approximate surface area is 160 Å². The Balaban J connectivity index is 1.54. The lowest BCUT2D eigenvalue weighted by Crippen LogP contribution is -2.44. The third-order valence-electron chi connectivity index (χ3n) is 5.60. The molecule has 0 spiro atoms. The summed E-state index contributed by atoms with van der Waals surface area (Å²) in [7, 11) is 1.33. The minimum Gasteiger partial charge on any atom is -0.465 e.